The molecule has 9 heteroatoms. The number of nitrogens with one attached hydrogen (secondary N) is 1. The topological polar surface area (TPSA) is 64.8 Å². The van der Waals surface area contributed by atoms with Gasteiger partial charge in [0.1, 0.15) is 5.82 Å². The lowest BCUT2D eigenvalue weighted by atomic mass is 9.73. The van der Waals surface area contributed by atoms with Gasteiger partial charge >= 0.3 is 0 Å². The van der Waals surface area contributed by atoms with Gasteiger partial charge in [0.15, 0.2) is 5.76 Å². The summed E-state index contributed by atoms with van der Waals surface area (Å²) in [5, 5.41) is 14.8. The zero-order chi connectivity index (χ0) is 25.6. The third-order valence-electron chi connectivity index (χ3n) is 8.63. The minimum Gasteiger partial charge on any atom is -0.423 e. The largest absolute Gasteiger partial charge is 0.423 e. The van der Waals surface area contributed by atoms with Gasteiger partial charge < -0.3 is 19.7 Å². The summed E-state index contributed by atoms with van der Waals surface area (Å²) in [6.45, 7) is 4.75. The first-order chi connectivity index (χ1) is 18.0. The van der Waals surface area contributed by atoms with Crippen molar-refractivity contribution in [2.45, 2.75) is 37.1 Å². The number of aliphatic hydroxyl groups is 1. The summed E-state index contributed by atoms with van der Waals surface area (Å²) >= 11 is 12.1. The van der Waals surface area contributed by atoms with Crippen molar-refractivity contribution in [1.29, 1.82) is 0 Å². The Hall–Kier alpha value is -2.32. The zero-order valence-electron chi connectivity index (χ0n) is 20.6. The maximum absolute atomic E-state index is 13.5. The average Bonchev–Trinajstić information content (AvgIpc) is 3.54. The van der Waals surface area contributed by atoms with Gasteiger partial charge in [-0.2, -0.15) is 0 Å². The first-order valence-corrected chi connectivity index (χ1v) is 13.8. The number of halogens is 3. The van der Waals surface area contributed by atoms with Gasteiger partial charge in [-0.05, 0) is 80.6 Å². The van der Waals surface area contributed by atoms with Crippen molar-refractivity contribution in [3.8, 4) is 11.3 Å². The summed E-state index contributed by atoms with van der Waals surface area (Å²) in [7, 11) is 0. The highest BCUT2D eigenvalue weighted by Crippen LogP contribution is 2.45. The van der Waals surface area contributed by atoms with E-state index in [0.717, 1.165) is 63.4 Å². The van der Waals surface area contributed by atoms with E-state index in [1.54, 1.807) is 18.3 Å². The molecule has 0 bridgehead atoms. The molecular formula is C28H31Cl2FN4O2. The molecule has 2 fully saturated rings. The number of fused-ring (bicyclic) bond motifs is 2. The smallest absolute Gasteiger partial charge is 0.297 e. The van der Waals surface area contributed by atoms with Crippen molar-refractivity contribution >= 4 is 34.9 Å². The van der Waals surface area contributed by atoms with Crippen molar-refractivity contribution in [1.82, 2.24) is 9.88 Å². The number of aromatic nitrogens is 1. The predicted molar refractivity (Wildman–Crippen MR) is 145 cm³/mol. The Bertz CT molecular complexity index is 1270. The molecule has 6 nitrogen and oxygen atoms in total. The van der Waals surface area contributed by atoms with Crippen molar-refractivity contribution in [3.63, 3.8) is 0 Å². The summed E-state index contributed by atoms with van der Waals surface area (Å²) in [4.78, 5) is 9.11. The first kappa shape index (κ1) is 25.0. The molecule has 3 aromatic rings. The molecule has 0 amide bonds. The first-order valence-electron chi connectivity index (χ1n) is 13.0. The number of likely N-dealkylation sites (tertiary alicyclic amines) is 1. The van der Waals surface area contributed by atoms with E-state index in [2.05, 4.69) is 26.2 Å². The number of anilines is 2. The Morgan fingerprint density at radius 2 is 1.89 bits per heavy atom. The highest BCUT2D eigenvalue weighted by atomic mass is 35.5. The lowest BCUT2D eigenvalue weighted by molar-refractivity contribution is 0.0393. The van der Waals surface area contributed by atoms with Crippen LogP contribution in [0.15, 0.2) is 47.0 Å². The maximum atomic E-state index is 13.5. The number of piperidine rings is 2. The quantitative estimate of drug-likeness (QED) is 0.421. The Kier molecular flexibility index (Phi) is 6.82. The molecule has 3 aliphatic rings. The fraction of sp³-hybridized carbons (Fsp3) is 0.464. The van der Waals surface area contributed by atoms with Crippen LogP contribution in [-0.2, 0) is 5.41 Å². The lowest BCUT2D eigenvalue weighted by Gasteiger charge is -2.46. The molecule has 2 saturated heterocycles. The molecule has 0 radical (unpaired) electrons. The fourth-order valence-electron chi connectivity index (χ4n) is 6.45. The minimum atomic E-state index is -0.454. The number of oxazole rings is 1. The van der Waals surface area contributed by atoms with Crippen molar-refractivity contribution < 1.29 is 13.9 Å². The molecule has 1 atom stereocenters. The lowest BCUT2D eigenvalue weighted by Crippen LogP contribution is -2.53. The number of rotatable bonds is 5. The summed E-state index contributed by atoms with van der Waals surface area (Å²) in [6.07, 6.45) is 5.76. The van der Waals surface area contributed by atoms with E-state index >= 15 is 0 Å². The van der Waals surface area contributed by atoms with Gasteiger partial charge in [0.2, 0.25) is 0 Å². The Balaban J connectivity index is 1.06. The van der Waals surface area contributed by atoms with Crippen LogP contribution in [0.1, 0.15) is 31.2 Å². The highest BCUT2D eigenvalue weighted by Gasteiger charge is 2.43. The second-order valence-corrected chi connectivity index (χ2v) is 11.4. The van der Waals surface area contributed by atoms with Gasteiger partial charge in [0.25, 0.3) is 6.01 Å². The second kappa shape index (κ2) is 10.1. The van der Waals surface area contributed by atoms with Crippen LogP contribution in [0.3, 0.4) is 0 Å². The van der Waals surface area contributed by atoms with Crippen molar-refractivity contribution in [2.75, 3.05) is 49.5 Å². The van der Waals surface area contributed by atoms with Crippen LogP contribution < -0.4 is 10.2 Å². The maximum Gasteiger partial charge on any atom is 0.297 e. The highest BCUT2D eigenvalue weighted by molar-refractivity contribution is 6.31. The molecule has 37 heavy (non-hydrogen) atoms. The molecule has 1 spiro atoms. The van der Waals surface area contributed by atoms with Crippen LogP contribution in [0.2, 0.25) is 10.0 Å². The molecule has 0 aliphatic carbocycles. The number of hydrogen-bond acceptors (Lipinski definition) is 6. The normalized spacial score (nSPS) is 20.7. The van der Waals surface area contributed by atoms with Crippen LogP contribution in [0.5, 0.6) is 0 Å². The molecule has 196 valence electrons. The standard InChI is InChI=1S/C28H31Cl2FN4O2/c29-20-2-3-21-24(14-20)33-17-28(21)7-11-34(12-8-28)25(16-36)18-5-9-35(10-6-18)27-32-15-26(37-27)19-1-4-23(31)22(30)13-19/h1-4,13-15,18,25,33,36H,5-12,16-17H2. The van der Waals surface area contributed by atoms with Crippen LogP contribution >= 0.6 is 23.2 Å². The van der Waals surface area contributed by atoms with E-state index in [4.69, 9.17) is 27.6 Å². The van der Waals surface area contributed by atoms with Crippen LogP contribution in [0, 0.1) is 11.7 Å². The van der Waals surface area contributed by atoms with E-state index in [-0.39, 0.29) is 23.1 Å². The molecule has 1 unspecified atom stereocenters. The zero-order valence-corrected chi connectivity index (χ0v) is 22.1. The predicted octanol–water partition coefficient (Wildman–Crippen LogP) is 5.82. The van der Waals surface area contributed by atoms with E-state index in [9.17, 15) is 9.50 Å². The molecule has 1 aromatic heterocycles. The molecular weight excluding hydrogens is 514 g/mol. The molecule has 6 rings (SSSR count). The molecule has 0 saturated carbocycles. The van der Waals surface area contributed by atoms with Crippen molar-refractivity contribution in [2.24, 2.45) is 5.92 Å². The van der Waals surface area contributed by atoms with E-state index in [0.29, 0.717) is 23.3 Å². The average molecular weight is 545 g/mol. The monoisotopic (exact) mass is 544 g/mol. The van der Waals surface area contributed by atoms with Gasteiger partial charge in [-0.25, -0.2) is 9.37 Å². The van der Waals surface area contributed by atoms with Gasteiger partial charge in [-0.15, -0.1) is 0 Å². The van der Waals surface area contributed by atoms with E-state index < -0.39 is 5.82 Å². The summed E-state index contributed by atoms with van der Waals surface area (Å²) in [5.41, 5.74) is 3.42. The minimum absolute atomic E-state index is 0.0627. The van der Waals surface area contributed by atoms with Crippen LogP contribution in [0.4, 0.5) is 16.1 Å². The Morgan fingerprint density at radius 1 is 1.11 bits per heavy atom. The van der Waals surface area contributed by atoms with Gasteiger partial charge in [-0.3, -0.25) is 4.90 Å². The molecule has 2 aromatic carbocycles. The fourth-order valence-corrected chi connectivity index (χ4v) is 6.80. The summed E-state index contributed by atoms with van der Waals surface area (Å²) in [5.74, 6) is 0.539. The van der Waals surface area contributed by atoms with E-state index in [1.807, 2.05) is 12.1 Å². The number of aliphatic hydroxyl groups excluding tert-OH is 1. The van der Waals surface area contributed by atoms with Crippen molar-refractivity contribution in [3.05, 3.63) is 64.0 Å². The summed E-state index contributed by atoms with van der Waals surface area (Å²) < 4.78 is 19.5. The SMILES string of the molecule is OCC(C1CCN(c2ncc(-c3ccc(F)c(Cl)c3)o2)CC1)N1CCC2(CC1)CNc1cc(Cl)ccc12. The number of nitrogens with zero attached hydrogens (tertiary/aromatic N) is 3. The van der Waals surface area contributed by atoms with Gasteiger partial charge in [-0.1, -0.05) is 29.3 Å². The molecule has 3 aliphatic heterocycles. The van der Waals surface area contributed by atoms with E-state index in [1.165, 1.54) is 17.3 Å². The summed E-state index contributed by atoms with van der Waals surface area (Å²) in [6, 6.07) is 11.5. The van der Waals surface area contributed by atoms with Gasteiger partial charge in [0, 0.05) is 47.4 Å². The number of hydrogen-bond donors (Lipinski definition) is 2. The Morgan fingerprint density at radius 3 is 2.62 bits per heavy atom. The Labute approximate surface area is 226 Å². The molecule has 4 heterocycles. The molecule has 2 N–H and O–H groups in total. The second-order valence-electron chi connectivity index (χ2n) is 10.6. The third-order valence-corrected chi connectivity index (χ3v) is 9.16. The third kappa shape index (κ3) is 4.71. The van der Waals surface area contributed by atoms with Crippen LogP contribution in [0.25, 0.3) is 11.3 Å². The van der Waals surface area contributed by atoms with Gasteiger partial charge in [0.05, 0.1) is 17.8 Å². The van der Waals surface area contributed by atoms with Crippen LogP contribution in [-0.4, -0.2) is 60.4 Å². The number of benzene rings is 2.